The third kappa shape index (κ3) is 4.57. The van der Waals surface area contributed by atoms with Gasteiger partial charge in [-0.1, -0.05) is 30.3 Å². The monoisotopic (exact) mass is 347 g/mol. The van der Waals surface area contributed by atoms with Gasteiger partial charge in [0.2, 0.25) is 0 Å². The Labute approximate surface area is 152 Å². The van der Waals surface area contributed by atoms with Crippen LogP contribution in [0.25, 0.3) is 0 Å². The second kappa shape index (κ2) is 8.11. The number of carbonyl (C=O) groups is 1. The van der Waals surface area contributed by atoms with Crippen molar-refractivity contribution in [3.63, 3.8) is 0 Å². The molecule has 0 bridgehead atoms. The summed E-state index contributed by atoms with van der Waals surface area (Å²) in [4.78, 5) is 22.7. The van der Waals surface area contributed by atoms with Crippen molar-refractivity contribution < 1.29 is 4.79 Å². The lowest BCUT2D eigenvalue weighted by molar-refractivity contribution is 0.102. The van der Waals surface area contributed by atoms with Gasteiger partial charge in [-0.15, -0.1) is 0 Å². The molecular formula is C20H21N5O. The second-order valence-electron chi connectivity index (χ2n) is 6.02. The van der Waals surface area contributed by atoms with Crippen LogP contribution in [0.3, 0.4) is 0 Å². The molecule has 0 saturated carbocycles. The summed E-state index contributed by atoms with van der Waals surface area (Å²) in [5.74, 6) is 0.338. The fourth-order valence-corrected chi connectivity index (χ4v) is 2.36. The van der Waals surface area contributed by atoms with Crippen LogP contribution in [0, 0.1) is 0 Å². The Hall–Kier alpha value is -3.41. The van der Waals surface area contributed by atoms with E-state index in [1.165, 1.54) is 6.20 Å². The van der Waals surface area contributed by atoms with Gasteiger partial charge in [0.1, 0.15) is 11.5 Å². The standard InChI is InChI=1S/C20H21N5O/c1-25(2)17-10-8-16(9-11-17)24-20(26)18-13-23-19(14-21-18)22-12-15-6-4-3-5-7-15/h3-11,13-14H,12H2,1-2H3,(H,22,23)(H,24,26). The zero-order valence-electron chi connectivity index (χ0n) is 14.8. The van der Waals surface area contributed by atoms with Gasteiger partial charge in [0.25, 0.3) is 5.91 Å². The van der Waals surface area contributed by atoms with Gasteiger partial charge in [-0.05, 0) is 29.8 Å². The molecule has 1 heterocycles. The van der Waals surface area contributed by atoms with E-state index in [0.717, 1.165) is 11.3 Å². The third-order valence-corrected chi connectivity index (χ3v) is 3.84. The Morgan fingerprint density at radius 1 is 0.962 bits per heavy atom. The molecule has 26 heavy (non-hydrogen) atoms. The first-order valence-corrected chi connectivity index (χ1v) is 8.30. The van der Waals surface area contributed by atoms with Gasteiger partial charge < -0.3 is 15.5 Å². The normalized spacial score (nSPS) is 10.2. The molecule has 2 N–H and O–H groups in total. The van der Waals surface area contributed by atoms with Crippen LogP contribution < -0.4 is 15.5 Å². The summed E-state index contributed by atoms with van der Waals surface area (Å²) < 4.78 is 0. The Morgan fingerprint density at radius 3 is 2.31 bits per heavy atom. The molecule has 0 spiro atoms. The number of amides is 1. The fraction of sp³-hybridized carbons (Fsp3) is 0.150. The lowest BCUT2D eigenvalue weighted by atomic mass is 10.2. The quantitative estimate of drug-likeness (QED) is 0.715. The Morgan fingerprint density at radius 2 is 1.69 bits per heavy atom. The van der Waals surface area contributed by atoms with E-state index in [4.69, 9.17) is 0 Å². The molecule has 1 aromatic heterocycles. The number of rotatable bonds is 6. The smallest absolute Gasteiger partial charge is 0.275 e. The average molecular weight is 347 g/mol. The highest BCUT2D eigenvalue weighted by Crippen LogP contribution is 2.16. The highest BCUT2D eigenvalue weighted by atomic mass is 16.1. The first kappa shape index (κ1) is 17.4. The molecule has 0 aliphatic rings. The molecule has 6 nitrogen and oxygen atoms in total. The number of nitrogens with one attached hydrogen (secondary N) is 2. The lowest BCUT2D eigenvalue weighted by Gasteiger charge is -2.13. The highest BCUT2D eigenvalue weighted by Gasteiger charge is 2.09. The molecule has 0 unspecified atom stereocenters. The molecule has 6 heteroatoms. The van der Waals surface area contributed by atoms with E-state index < -0.39 is 0 Å². The Balaban J connectivity index is 1.58. The van der Waals surface area contributed by atoms with Gasteiger partial charge in [0.05, 0.1) is 12.4 Å². The van der Waals surface area contributed by atoms with Crippen molar-refractivity contribution in [3.05, 3.63) is 78.2 Å². The first-order valence-electron chi connectivity index (χ1n) is 8.30. The van der Waals surface area contributed by atoms with Gasteiger partial charge in [0.15, 0.2) is 0 Å². The van der Waals surface area contributed by atoms with Crippen LogP contribution in [0.15, 0.2) is 67.0 Å². The van der Waals surface area contributed by atoms with E-state index in [9.17, 15) is 4.79 Å². The van der Waals surface area contributed by atoms with Crippen LogP contribution in [0.2, 0.25) is 0 Å². The van der Waals surface area contributed by atoms with Gasteiger partial charge >= 0.3 is 0 Å². The summed E-state index contributed by atoms with van der Waals surface area (Å²) in [6, 6.07) is 17.6. The van der Waals surface area contributed by atoms with E-state index in [2.05, 4.69) is 20.6 Å². The zero-order valence-corrected chi connectivity index (χ0v) is 14.8. The predicted molar refractivity (Wildman–Crippen MR) is 105 cm³/mol. The van der Waals surface area contributed by atoms with Crippen molar-refractivity contribution in [3.8, 4) is 0 Å². The maximum Gasteiger partial charge on any atom is 0.275 e. The first-order chi connectivity index (χ1) is 12.6. The summed E-state index contributed by atoms with van der Waals surface area (Å²) in [5, 5.41) is 6.00. The van der Waals surface area contributed by atoms with Crippen LogP contribution in [-0.2, 0) is 6.54 Å². The molecule has 3 aromatic rings. The van der Waals surface area contributed by atoms with E-state index in [0.29, 0.717) is 18.1 Å². The fourth-order valence-electron chi connectivity index (χ4n) is 2.36. The number of nitrogens with zero attached hydrogens (tertiary/aromatic N) is 3. The third-order valence-electron chi connectivity index (χ3n) is 3.84. The van der Waals surface area contributed by atoms with Crippen molar-refractivity contribution in [2.24, 2.45) is 0 Å². The van der Waals surface area contributed by atoms with Gasteiger partial charge in [-0.3, -0.25) is 4.79 Å². The Bertz CT molecular complexity index is 846. The molecule has 1 amide bonds. The van der Waals surface area contributed by atoms with Crippen molar-refractivity contribution in [1.29, 1.82) is 0 Å². The van der Waals surface area contributed by atoms with E-state index in [-0.39, 0.29) is 11.6 Å². The van der Waals surface area contributed by atoms with Crippen LogP contribution >= 0.6 is 0 Å². The summed E-state index contributed by atoms with van der Waals surface area (Å²) in [7, 11) is 3.94. The largest absolute Gasteiger partial charge is 0.378 e. The molecule has 2 aromatic carbocycles. The molecule has 132 valence electrons. The SMILES string of the molecule is CN(C)c1ccc(NC(=O)c2cnc(NCc3ccccc3)cn2)cc1. The molecule has 0 fully saturated rings. The van der Waals surface area contributed by atoms with Crippen molar-refractivity contribution in [2.75, 3.05) is 29.6 Å². The van der Waals surface area contributed by atoms with Gasteiger partial charge in [-0.25, -0.2) is 9.97 Å². The number of carbonyl (C=O) groups excluding carboxylic acids is 1. The van der Waals surface area contributed by atoms with Crippen molar-refractivity contribution in [1.82, 2.24) is 9.97 Å². The van der Waals surface area contributed by atoms with E-state index in [1.54, 1.807) is 6.20 Å². The van der Waals surface area contributed by atoms with Crippen LogP contribution in [-0.4, -0.2) is 30.0 Å². The molecule has 0 radical (unpaired) electrons. The minimum atomic E-state index is -0.287. The number of aromatic nitrogens is 2. The maximum atomic E-state index is 12.3. The molecule has 0 aliphatic carbocycles. The minimum Gasteiger partial charge on any atom is -0.378 e. The van der Waals surface area contributed by atoms with Crippen LogP contribution in [0.1, 0.15) is 16.1 Å². The summed E-state index contributed by atoms with van der Waals surface area (Å²) >= 11 is 0. The number of hydrogen-bond acceptors (Lipinski definition) is 5. The second-order valence-corrected chi connectivity index (χ2v) is 6.02. The van der Waals surface area contributed by atoms with E-state index >= 15 is 0 Å². The summed E-state index contributed by atoms with van der Waals surface area (Å²) in [5.41, 5.74) is 3.20. The molecule has 3 rings (SSSR count). The Kier molecular flexibility index (Phi) is 5.43. The maximum absolute atomic E-state index is 12.3. The van der Waals surface area contributed by atoms with Crippen molar-refractivity contribution >= 4 is 23.1 Å². The van der Waals surface area contributed by atoms with Crippen molar-refractivity contribution in [2.45, 2.75) is 6.54 Å². The lowest BCUT2D eigenvalue weighted by Crippen LogP contribution is -2.15. The number of hydrogen-bond donors (Lipinski definition) is 2. The van der Waals surface area contributed by atoms with E-state index in [1.807, 2.05) is 73.6 Å². The van der Waals surface area contributed by atoms with Crippen LogP contribution in [0.4, 0.5) is 17.2 Å². The van der Waals surface area contributed by atoms with Crippen LogP contribution in [0.5, 0.6) is 0 Å². The molecule has 0 aliphatic heterocycles. The molecule has 0 atom stereocenters. The number of benzene rings is 2. The minimum absolute atomic E-state index is 0.270. The molecule has 0 saturated heterocycles. The average Bonchev–Trinajstić information content (AvgIpc) is 2.68. The molecular weight excluding hydrogens is 326 g/mol. The topological polar surface area (TPSA) is 70.2 Å². The van der Waals surface area contributed by atoms with Gasteiger partial charge in [-0.2, -0.15) is 0 Å². The van der Waals surface area contributed by atoms with Gasteiger partial charge in [0, 0.05) is 32.0 Å². The highest BCUT2D eigenvalue weighted by molar-refractivity contribution is 6.02. The summed E-state index contributed by atoms with van der Waals surface area (Å²) in [6.45, 7) is 0.652. The zero-order chi connectivity index (χ0) is 18.4. The number of anilines is 3. The summed E-state index contributed by atoms with van der Waals surface area (Å²) in [6.07, 6.45) is 3.03. The predicted octanol–water partition coefficient (Wildman–Crippen LogP) is 3.41.